The van der Waals surface area contributed by atoms with Crippen molar-refractivity contribution >= 4 is 35.0 Å². The second-order valence-corrected chi connectivity index (χ2v) is 7.30. The Morgan fingerprint density at radius 1 is 1.48 bits per heavy atom. The summed E-state index contributed by atoms with van der Waals surface area (Å²) in [5.41, 5.74) is -1.66. The summed E-state index contributed by atoms with van der Waals surface area (Å²) in [4.78, 5) is 29.3. The molecule has 1 aliphatic rings. The Morgan fingerprint density at radius 3 is 2.81 bits per heavy atom. The number of nitrogens with one attached hydrogen (secondary N) is 1. The number of thiophene rings is 1. The van der Waals surface area contributed by atoms with Crippen LogP contribution >= 0.6 is 23.1 Å². The highest BCUT2D eigenvalue weighted by atomic mass is 32.2. The Bertz CT molecular complexity index is 923. The Kier molecular flexibility index (Phi) is 5.38. The summed E-state index contributed by atoms with van der Waals surface area (Å²) in [6.45, 7) is 0.517. The second-order valence-electron chi connectivity index (χ2n) is 5.39. The van der Waals surface area contributed by atoms with Gasteiger partial charge in [0.05, 0.1) is 27.5 Å². The number of amides is 3. The number of carbonyl (C=O) groups is 2. The number of pyridine rings is 1. The molecule has 3 rings (SSSR count). The number of carbonyl (C=O) groups excluding carboxylic acids is 2. The first-order valence-corrected chi connectivity index (χ1v) is 9.45. The van der Waals surface area contributed by atoms with Crippen LogP contribution in [0.1, 0.15) is 11.1 Å². The first-order chi connectivity index (χ1) is 12.8. The molecule has 27 heavy (non-hydrogen) atoms. The maximum atomic E-state index is 13.4. The molecule has 11 heteroatoms. The van der Waals surface area contributed by atoms with Crippen molar-refractivity contribution in [2.75, 3.05) is 18.8 Å². The molecule has 2 aromatic heterocycles. The highest BCUT2D eigenvalue weighted by Gasteiger charge is 2.36. The molecule has 0 bridgehead atoms. The lowest BCUT2D eigenvalue weighted by Gasteiger charge is -2.15. The van der Waals surface area contributed by atoms with Crippen LogP contribution in [-0.4, -0.2) is 40.7 Å². The number of alkyl halides is 3. The number of hydrogen-bond acceptors (Lipinski definition) is 6. The van der Waals surface area contributed by atoms with Crippen molar-refractivity contribution in [1.82, 2.24) is 15.2 Å². The zero-order valence-corrected chi connectivity index (χ0v) is 15.2. The van der Waals surface area contributed by atoms with E-state index < -0.39 is 29.2 Å². The molecule has 0 spiro atoms. The average Bonchev–Trinajstić information content (AvgIpc) is 3.29. The first kappa shape index (κ1) is 19.2. The fourth-order valence-corrected chi connectivity index (χ4v) is 3.99. The van der Waals surface area contributed by atoms with Gasteiger partial charge in [-0.2, -0.15) is 18.4 Å². The molecule has 0 saturated carbocycles. The summed E-state index contributed by atoms with van der Waals surface area (Å²) in [5.74, 6) is -0.865. The van der Waals surface area contributed by atoms with E-state index >= 15 is 0 Å². The first-order valence-electron chi connectivity index (χ1n) is 7.58. The highest BCUT2D eigenvalue weighted by Crippen LogP contribution is 2.38. The largest absolute Gasteiger partial charge is 0.417 e. The van der Waals surface area contributed by atoms with Crippen LogP contribution in [0.25, 0.3) is 10.6 Å². The molecule has 140 valence electrons. The molecule has 0 atom stereocenters. The van der Waals surface area contributed by atoms with Gasteiger partial charge in [-0.05, 0) is 17.5 Å². The molecule has 1 fully saturated rings. The number of urea groups is 1. The number of hydrogen-bond donors (Lipinski definition) is 1. The third-order valence-electron chi connectivity index (χ3n) is 3.67. The van der Waals surface area contributed by atoms with Crippen molar-refractivity contribution in [3.8, 4) is 16.6 Å². The maximum Gasteiger partial charge on any atom is 0.417 e. The number of nitriles is 1. The molecule has 0 radical (unpaired) electrons. The SMILES string of the molecule is N#Cc1c(C(F)(F)F)cc(-c2cccs2)nc1SCC(=O)N1CCNC1=O. The van der Waals surface area contributed by atoms with Crippen LogP contribution < -0.4 is 5.32 Å². The second kappa shape index (κ2) is 7.58. The van der Waals surface area contributed by atoms with E-state index in [4.69, 9.17) is 0 Å². The molecule has 1 N–H and O–H groups in total. The quantitative estimate of drug-likeness (QED) is 0.779. The fourth-order valence-electron chi connectivity index (χ4n) is 2.43. The van der Waals surface area contributed by atoms with E-state index in [9.17, 15) is 28.0 Å². The van der Waals surface area contributed by atoms with Crippen LogP contribution in [0.2, 0.25) is 0 Å². The lowest BCUT2D eigenvalue weighted by atomic mass is 10.1. The highest BCUT2D eigenvalue weighted by molar-refractivity contribution is 8.00. The Hall–Kier alpha value is -2.58. The molecule has 3 amide bonds. The molecule has 0 aromatic carbocycles. The van der Waals surface area contributed by atoms with Gasteiger partial charge in [-0.15, -0.1) is 11.3 Å². The lowest BCUT2D eigenvalue weighted by Crippen LogP contribution is -2.35. The zero-order chi connectivity index (χ0) is 19.6. The minimum Gasteiger partial charge on any atom is -0.336 e. The monoisotopic (exact) mass is 412 g/mol. The Morgan fingerprint density at radius 2 is 2.26 bits per heavy atom. The van der Waals surface area contributed by atoms with Gasteiger partial charge in [0.1, 0.15) is 11.1 Å². The number of halogens is 3. The lowest BCUT2D eigenvalue weighted by molar-refractivity contribution is -0.138. The van der Waals surface area contributed by atoms with Gasteiger partial charge in [-0.3, -0.25) is 9.69 Å². The average molecular weight is 412 g/mol. The van der Waals surface area contributed by atoms with Gasteiger partial charge < -0.3 is 5.32 Å². The number of rotatable bonds is 4. The van der Waals surface area contributed by atoms with Gasteiger partial charge in [0, 0.05) is 13.1 Å². The fraction of sp³-hybridized carbons (Fsp3) is 0.250. The van der Waals surface area contributed by atoms with E-state index in [0.29, 0.717) is 23.2 Å². The van der Waals surface area contributed by atoms with Crippen LogP contribution in [0.5, 0.6) is 0 Å². The summed E-state index contributed by atoms with van der Waals surface area (Å²) in [6.07, 6.45) is -4.74. The minimum atomic E-state index is -4.74. The maximum absolute atomic E-state index is 13.4. The van der Waals surface area contributed by atoms with E-state index in [-0.39, 0.29) is 23.0 Å². The van der Waals surface area contributed by atoms with Crippen molar-refractivity contribution < 1.29 is 22.8 Å². The van der Waals surface area contributed by atoms with Crippen molar-refractivity contribution in [3.05, 3.63) is 34.7 Å². The van der Waals surface area contributed by atoms with Gasteiger partial charge in [0.2, 0.25) is 5.91 Å². The molecule has 6 nitrogen and oxygen atoms in total. The number of thioether (sulfide) groups is 1. The van der Waals surface area contributed by atoms with E-state index in [2.05, 4.69) is 10.3 Å². The standard InChI is InChI=1S/C16H11F3N4O2S2/c17-16(18,19)10-6-11(12-2-1-5-26-12)22-14(9(10)7-20)27-8-13(24)23-4-3-21-15(23)25/h1-2,5-6H,3-4,8H2,(H,21,25). The topological polar surface area (TPSA) is 86.1 Å². The Labute approximate surface area is 160 Å². The number of imide groups is 1. The van der Waals surface area contributed by atoms with Crippen LogP contribution in [0.3, 0.4) is 0 Å². The molecule has 3 heterocycles. The molecule has 2 aromatic rings. The molecule has 1 saturated heterocycles. The van der Waals surface area contributed by atoms with Crippen molar-refractivity contribution in [3.63, 3.8) is 0 Å². The summed E-state index contributed by atoms with van der Waals surface area (Å²) in [6, 6.07) is 5.13. The molecule has 1 aliphatic heterocycles. The van der Waals surface area contributed by atoms with E-state index in [1.807, 2.05) is 0 Å². The third kappa shape index (κ3) is 4.06. The summed E-state index contributed by atoms with van der Waals surface area (Å²) >= 11 is 1.92. The summed E-state index contributed by atoms with van der Waals surface area (Å²) in [7, 11) is 0. The minimum absolute atomic E-state index is 0.0742. The van der Waals surface area contributed by atoms with Crippen molar-refractivity contribution in [1.29, 1.82) is 5.26 Å². The van der Waals surface area contributed by atoms with Crippen LogP contribution in [0.4, 0.5) is 18.0 Å². The van der Waals surface area contributed by atoms with Crippen molar-refractivity contribution in [2.24, 2.45) is 0 Å². The van der Waals surface area contributed by atoms with E-state index in [0.717, 1.165) is 11.0 Å². The van der Waals surface area contributed by atoms with Gasteiger partial charge in [-0.1, -0.05) is 17.8 Å². The zero-order valence-electron chi connectivity index (χ0n) is 13.5. The van der Waals surface area contributed by atoms with Crippen LogP contribution in [-0.2, 0) is 11.0 Å². The van der Waals surface area contributed by atoms with Gasteiger partial charge in [0.25, 0.3) is 0 Å². The van der Waals surface area contributed by atoms with E-state index in [1.54, 1.807) is 23.6 Å². The van der Waals surface area contributed by atoms with Crippen molar-refractivity contribution in [2.45, 2.75) is 11.2 Å². The molecular formula is C16H11F3N4O2S2. The molecule has 0 aliphatic carbocycles. The van der Waals surface area contributed by atoms with Gasteiger partial charge in [0.15, 0.2) is 0 Å². The number of nitrogens with zero attached hydrogens (tertiary/aromatic N) is 3. The van der Waals surface area contributed by atoms with E-state index in [1.165, 1.54) is 11.3 Å². The smallest absolute Gasteiger partial charge is 0.336 e. The predicted octanol–water partition coefficient (Wildman–Crippen LogP) is 3.34. The normalized spacial score (nSPS) is 14.1. The predicted molar refractivity (Wildman–Crippen MR) is 93.1 cm³/mol. The summed E-state index contributed by atoms with van der Waals surface area (Å²) in [5, 5.41) is 13.2. The number of aromatic nitrogens is 1. The Balaban J connectivity index is 1.95. The van der Waals surface area contributed by atoms with Crippen LogP contribution in [0.15, 0.2) is 28.6 Å². The van der Waals surface area contributed by atoms with Gasteiger partial charge >= 0.3 is 12.2 Å². The van der Waals surface area contributed by atoms with Crippen LogP contribution in [0, 0.1) is 11.3 Å². The third-order valence-corrected chi connectivity index (χ3v) is 5.52. The molecule has 0 unspecified atom stereocenters. The summed E-state index contributed by atoms with van der Waals surface area (Å²) < 4.78 is 40.3. The van der Waals surface area contributed by atoms with Gasteiger partial charge in [-0.25, -0.2) is 9.78 Å². The molecular weight excluding hydrogens is 401 g/mol.